The number of rotatable bonds is 2. The van der Waals surface area contributed by atoms with Crippen LogP contribution in [0.2, 0.25) is 5.02 Å². The highest BCUT2D eigenvalue weighted by molar-refractivity contribution is 9.10. The Morgan fingerprint density at radius 2 is 2.12 bits per heavy atom. The van der Waals surface area contributed by atoms with E-state index in [9.17, 15) is 14.5 Å². The first-order chi connectivity index (χ1) is 12.0. The minimum absolute atomic E-state index is 0.0722. The molecule has 2 aliphatic rings. The number of hydrogen-bond donors (Lipinski definition) is 1. The van der Waals surface area contributed by atoms with Crippen molar-refractivity contribution in [1.82, 2.24) is 0 Å². The third-order valence-corrected chi connectivity index (χ3v) is 5.69. The number of nitrogens with one attached hydrogen (secondary N) is 1. The molecule has 0 unspecified atom stereocenters. The standard InChI is InChI=1S/C18H13BrClFN2O2/c19-10-7-13-11-2-1-3-12(11)17(22-18(13)15(21)8-10)9-4-5-14(20)16(6-9)23(24)25/h1-2,4-8,11-12,17,22H,3H2/t11-,12+,17+/m1/s1. The third-order valence-electron chi connectivity index (χ3n) is 4.91. The Morgan fingerprint density at radius 1 is 1.32 bits per heavy atom. The van der Waals surface area contributed by atoms with Crippen LogP contribution in [0.3, 0.4) is 0 Å². The molecular weight excluding hydrogens is 411 g/mol. The Kier molecular flexibility index (Phi) is 4.04. The van der Waals surface area contributed by atoms with Crippen molar-refractivity contribution in [3.8, 4) is 0 Å². The molecule has 1 aliphatic carbocycles. The van der Waals surface area contributed by atoms with E-state index >= 15 is 0 Å². The van der Waals surface area contributed by atoms with Crippen LogP contribution in [-0.4, -0.2) is 4.92 Å². The molecule has 7 heteroatoms. The zero-order valence-electron chi connectivity index (χ0n) is 12.9. The second-order valence-electron chi connectivity index (χ2n) is 6.30. The molecule has 4 rings (SSSR count). The van der Waals surface area contributed by atoms with Crippen molar-refractivity contribution in [2.75, 3.05) is 5.32 Å². The lowest BCUT2D eigenvalue weighted by Gasteiger charge is -2.37. The quantitative estimate of drug-likeness (QED) is 0.367. The maximum Gasteiger partial charge on any atom is 0.288 e. The molecule has 4 nitrogen and oxygen atoms in total. The number of anilines is 1. The number of nitrogens with zero attached hydrogens (tertiary/aromatic N) is 1. The van der Waals surface area contributed by atoms with Crippen LogP contribution >= 0.6 is 27.5 Å². The van der Waals surface area contributed by atoms with Gasteiger partial charge in [0.15, 0.2) is 0 Å². The van der Waals surface area contributed by atoms with Crippen LogP contribution in [0.1, 0.15) is 29.5 Å². The fourth-order valence-electron chi connectivity index (χ4n) is 3.81. The van der Waals surface area contributed by atoms with E-state index in [1.165, 1.54) is 18.2 Å². The van der Waals surface area contributed by atoms with E-state index in [1.807, 2.05) is 6.07 Å². The number of nitro groups is 1. The van der Waals surface area contributed by atoms with Crippen molar-refractivity contribution in [2.45, 2.75) is 18.4 Å². The lowest BCUT2D eigenvalue weighted by molar-refractivity contribution is -0.384. The van der Waals surface area contributed by atoms with Gasteiger partial charge in [-0.1, -0.05) is 45.7 Å². The summed E-state index contributed by atoms with van der Waals surface area (Å²) in [6.45, 7) is 0. The predicted octanol–water partition coefficient (Wildman–Crippen LogP) is 5.98. The van der Waals surface area contributed by atoms with E-state index in [2.05, 4.69) is 33.4 Å². The smallest absolute Gasteiger partial charge is 0.288 e. The molecule has 2 aromatic rings. The maximum absolute atomic E-state index is 14.5. The molecule has 1 aliphatic heterocycles. The van der Waals surface area contributed by atoms with Gasteiger partial charge in [0.1, 0.15) is 10.8 Å². The number of hydrogen-bond acceptors (Lipinski definition) is 3. The van der Waals surface area contributed by atoms with Crippen molar-refractivity contribution in [3.63, 3.8) is 0 Å². The topological polar surface area (TPSA) is 55.2 Å². The van der Waals surface area contributed by atoms with Crippen LogP contribution in [-0.2, 0) is 0 Å². The van der Waals surface area contributed by atoms with Gasteiger partial charge in [-0.15, -0.1) is 0 Å². The summed E-state index contributed by atoms with van der Waals surface area (Å²) < 4.78 is 15.2. The van der Waals surface area contributed by atoms with Crippen LogP contribution in [0.25, 0.3) is 0 Å². The molecule has 0 saturated heterocycles. The monoisotopic (exact) mass is 422 g/mol. The predicted molar refractivity (Wildman–Crippen MR) is 98.6 cm³/mol. The van der Waals surface area contributed by atoms with E-state index < -0.39 is 4.92 Å². The van der Waals surface area contributed by atoms with E-state index in [0.29, 0.717) is 10.2 Å². The summed E-state index contributed by atoms with van der Waals surface area (Å²) in [6, 6.07) is 7.91. The average Bonchev–Trinajstić information content (AvgIpc) is 3.04. The van der Waals surface area contributed by atoms with E-state index in [-0.39, 0.29) is 34.4 Å². The van der Waals surface area contributed by atoms with Crippen LogP contribution in [0.4, 0.5) is 15.8 Å². The van der Waals surface area contributed by atoms with Gasteiger partial charge in [0.25, 0.3) is 5.69 Å². The second kappa shape index (κ2) is 6.11. The minimum atomic E-state index is -0.495. The summed E-state index contributed by atoms with van der Waals surface area (Å²) in [5, 5.41) is 14.6. The zero-order valence-corrected chi connectivity index (χ0v) is 15.2. The molecule has 0 aromatic heterocycles. The highest BCUT2D eigenvalue weighted by Gasteiger charge is 2.39. The molecule has 128 valence electrons. The van der Waals surface area contributed by atoms with Crippen molar-refractivity contribution in [1.29, 1.82) is 0 Å². The van der Waals surface area contributed by atoms with Gasteiger partial charge >= 0.3 is 0 Å². The number of fused-ring (bicyclic) bond motifs is 3. The summed E-state index contributed by atoms with van der Waals surface area (Å²) in [4.78, 5) is 10.7. The molecule has 2 aromatic carbocycles. The average molecular weight is 424 g/mol. The molecule has 0 saturated carbocycles. The van der Waals surface area contributed by atoms with Crippen molar-refractivity contribution in [2.24, 2.45) is 5.92 Å². The number of halogens is 3. The van der Waals surface area contributed by atoms with Crippen LogP contribution < -0.4 is 5.32 Å². The molecule has 3 atom stereocenters. The van der Waals surface area contributed by atoms with Gasteiger partial charge < -0.3 is 5.32 Å². The summed E-state index contributed by atoms with van der Waals surface area (Å²) in [5.74, 6) is -0.0958. The number of nitro benzene ring substituents is 1. The Balaban J connectivity index is 1.82. The van der Waals surface area contributed by atoms with Crippen molar-refractivity contribution >= 4 is 38.9 Å². The minimum Gasteiger partial charge on any atom is -0.375 e. The molecule has 0 amide bonds. The Morgan fingerprint density at radius 3 is 2.88 bits per heavy atom. The van der Waals surface area contributed by atoms with E-state index in [4.69, 9.17) is 11.6 Å². The molecular formula is C18H13BrClFN2O2. The second-order valence-corrected chi connectivity index (χ2v) is 7.62. The van der Waals surface area contributed by atoms with Gasteiger partial charge in [0.2, 0.25) is 0 Å². The molecule has 0 radical (unpaired) electrons. The van der Waals surface area contributed by atoms with Gasteiger partial charge in [-0.05, 0) is 41.7 Å². The fourth-order valence-corrected chi connectivity index (χ4v) is 4.45. The van der Waals surface area contributed by atoms with Gasteiger partial charge in [-0.2, -0.15) is 0 Å². The third kappa shape index (κ3) is 2.73. The van der Waals surface area contributed by atoms with Crippen LogP contribution in [0.15, 0.2) is 47.0 Å². The van der Waals surface area contributed by atoms with E-state index in [0.717, 1.165) is 17.5 Å². The van der Waals surface area contributed by atoms with Gasteiger partial charge in [0, 0.05) is 16.5 Å². The van der Waals surface area contributed by atoms with Crippen molar-refractivity contribution in [3.05, 3.63) is 79.0 Å². The molecule has 0 fully saturated rings. The zero-order chi connectivity index (χ0) is 17.7. The first-order valence-corrected chi connectivity index (χ1v) is 8.99. The van der Waals surface area contributed by atoms with Crippen LogP contribution in [0, 0.1) is 21.8 Å². The first kappa shape index (κ1) is 16.5. The molecule has 25 heavy (non-hydrogen) atoms. The fraction of sp³-hybridized carbons (Fsp3) is 0.222. The molecule has 1 N–H and O–H groups in total. The first-order valence-electron chi connectivity index (χ1n) is 7.81. The number of benzene rings is 2. The van der Waals surface area contributed by atoms with Gasteiger partial charge in [-0.3, -0.25) is 10.1 Å². The highest BCUT2D eigenvalue weighted by atomic mass is 79.9. The highest BCUT2D eigenvalue weighted by Crippen LogP contribution is 2.51. The Labute approximate surface area is 157 Å². The Hall–Kier alpha value is -1.92. The molecule has 0 spiro atoms. The molecule has 0 bridgehead atoms. The maximum atomic E-state index is 14.5. The lowest BCUT2D eigenvalue weighted by atomic mass is 9.77. The van der Waals surface area contributed by atoms with E-state index in [1.54, 1.807) is 6.07 Å². The summed E-state index contributed by atoms with van der Waals surface area (Å²) in [5.41, 5.74) is 1.97. The van der Waals surface area contributed by atoms with Crippen molar-refractivity contribution < 1.29 is 9.31 Å². The Bertz CT molecular complexity index is 918. The van der Waals surface area contributed by atoms with Gasteiger partial charge in [-0.25, -0.2) is 4.39 Å². The normalized spacial score (nSPS) is 23.7. The summed E-state index contributed by atoms with van der Waals surface area (Å²) >= 11 is 9.28. The summed E-state index contributed by atoms with van der Waals surface area (Å²) in [7, 11) is 0. The largest absolute Gasteiger partial charge is 0.375 e. The van der Waals surface area contributed by atoms with Gasteiger partial charge in [0.05, 0.1) is 16.7 Å². The molecule has 1 heterocycles. The lowest BCUT2D eigenvalue weighted by Crippen LogP contribution is -2.29. The summed E-state index contributed by atoms with van der Waals surface area (Å²) in [6.07, 6.45) is 5.00. The van der Waals surface area contributed by atoms with Crippen LogP contribution in [0.5, 0.6) is 0 Å². The number of allylic oxidation sites excluding steroid dienone is 2. The SMILES string of the molecule is O=[N+]([O-])c1cc([C@@H]2Nc3c(F)cc(Br)cc3[C@@H]3C=CC[C@@H]32)ccc1Cl.